The van der Waals surface area contributed by atoms with Gasteiger partial charge >= 0.3 is 5.97 Å². The highest BCUT2D eigenvalue weighted by atomic mass is 32.1. The largest absolute Gasteiger partial charge is 0.451 e. The van der Waals surface area contributed by atoms with Crippen LogP contribution in [-0.4, -0.2) is 48.4 Å². The van der Waals surface area contributed by atoms with Crippen LogP contribution in [0.25, 0.3) is 0 Å². The lowest BCUT2D eigenvalue weighted by Crippen LogP contribution is -2.40. The number of esters is 1. The molecule has 7 heteroatoms. The van der Waals surface area contributed by atoms with Gasteiger partial charge in [0.05, 0.1) is 4.88 Å². The zero-order chi connectivity index (χ0) is 15.2. The molecule has 1 aliphatic heterocycles. The molecule has 1 fully saturated rings. The fourth-order valence-electron chi connectivity index (χ4n) is 2.13. The number of nitrogens with zero attached hydrogens (tertiary/aromatic N) is 1. The molecule has 0 bridgehead atoms. The second-order valence-electron chi connectivity index (χ2n) is 4.82. The first-order valence-corrected chi connectivity index (χ1v) is 7.76. The predicted octanol–water partition coefficient (Wildman–Crippen LogP) is 1.03. The summed E-state index contributed by atoms with van der Waals surface area (Å²) in [5, 5.41) is 4.25. The van der Waals surface area contributed by atoms with Crippen LogP contribution in [0.5, 0.6) is 0 Å². The highest BCUT2D eigenvalue weighted by molar-refractivity contribution is 7.12. The van der Waals surface area contributed by atoms with Crippen molar-refractivity contribution in [3.63, 3.8) is 0 Å². The molecule has 6 nitrogen and oxygen atoms in total. The van der Waals surface area contributed by atoms with Crippen molar-refractivity contribution in [3.05, 3.63) is 22.4 Å². The second kappa shape index (κ2) is 7.21. The first-order valence-electron chi connectivity index (χ1n) is 6.88. The molecular weight excluding hydrogens is 292 g/mol. The Morgan fingerprint density at radius 2 is 2.10 bits per heavy atom. The first kappa shape index (κ1) is 15.5. The van der Waals surface area contributed by atoms with E-state index in [9.17, 15) is 14.4 Å². The quantitative estimate of drug-likeness (QED) is 0.824. The van der Waals surface area contributed by atoms with Gasteiger partial charge in [-0.3, -0.25) is 14.4 Å². The molecule has 0 saturated carbocycles. The summed E-state index contributed by atoms with van der Waals surface area (Å²) in [4.78, 5) is 37.5. The molecule has 1 saturated heterocycles. The third-order valence-corrected chi connectivity index (χ3v) is 4.08. The van der Waals surface area contributed by atoms with Crippen molar-refractivity contribution < 1.29 is 19.1 Å². The molecule has 0 spiro atoms. The molecule has 0 aromatic carbocycles. The molecule has 1 aliphatic rings. The average Bonchev–Trinajstić information content (AvgIpc) is 3.15. The maximum Gasteiger partial charge on any atom is 0.326 e. The lowest BCUT2D eigenvalue weighted by molar-refractivity contribution is -0.157. The molecule has 1 atom stereocenters. The third-order valence-electron chi connectivity index (χ3n) is 3.21. The van der Waals surface area contributed by atoms with E-state index in [1.807, 2.05) is 0 Å². The number of carbonyl (C=O) groups is 3. The molecule has 2 heterocycles. The van der Waals surface area contributed by atoms with Crippen molar-refractivity contribution in [2.45, 2.75) is 25.9 Å². The van der Waals surface area contributed by atoms with Gasteiger partial charge in [-0.1, -0.05) is 6.07 Å². The van der Waals surface area contributed by atoms with Crippen LogP contribution in [0.2, 0.25) is 0 Å². The highest BCUT2D eigenvalue weighted by Crippen LogP contribution is 2.10. The number of thiophene rings is 1. The van der Waals surface area contributed by atoms with E-state index in [-0.39, 0.29) is 18.4 Å². The van der Waals surface area contributed by atoms with Gasteiger partial charge in [0.15, 0.2) is 6.10 Å². The molecule has 1 N–H and O–H groups in total. The summed E-state index contributed by atoms with van der Waals surface area (Å²) >= 11 is 1.29. The van der Waals surface area contributed by atoms with Crippen LogP contribution in [0.1, 0.15) is 29.4 Å². The minimum Gasteiger partial charge on any atom is -0.451 e. The van der Waals surface area contributed by atoms with Gasteiger partial charge < -0.3 is 15.0 Å². The molecule has 0 radical (unpaired) electrons. The number of ether oxygens (including phenoxy) is 1. The van der Waals surface area contributed by atoms with Crippen LogP contribution in [0.4, 0.5) is 0 Å². The zero-order valence-corrected chi connectivity index (χ0v) is 12.6. The van der Waals surface area contributed by atoms with Gasteiger partial charge in [-0.05, 0) is 31.2 Å². The Labute approximate surface area is 127 Å². The fraction of sp³-hybridized carbons (Fsp3) is 0.500. The topological polar surface area (TPSA) is 75.7 Å². The van der Waals surface area contributed by atoms with E-state index in [2.05, 4.69) is 5.32 Å². The van der Waals surface area contributed by atoms with E-state index in [0.29, 0.717) is 4.88 Å². The van der Waals surface area contributed by atoms with E-state index in [4.69, 9.17) is 4.74 Å². The SMILES string of the molecule is C[C@H](OC(=O)CNC(=O)c1cccs1)C(=O)N1CCCC1. The van der Waals surface area contributed by atoms with Crippen LogP contribution < -0.4 is 5.32 Å². The molecule has 2 amide bonds. The van der Waals surface area contributed by atoms with Crippen molar-refractivity contribution in [3.8, 4) is 0 Å². The Hall–Kier alpha value is -1.89. The summed E-state index contributed by atoms with van der Waals surface area (Å²) < 4.78 is 5.05. The lowest BCUT2D eigenvalue weighted by Gasteiger charge is -2.20. The predicted molar refractivity (Wildman–Crippen MR) is 78.0 cm³/mol. The number of hydrogen-bond acceptors (Lipinski definition) is 5. The van der Waals surface area contributed by atoms with E-state index in [1.165, 1.54) is 11.3 Å². The van der Waals surface area contributed by atoms with E-state index >= 15 is 0 Å². The summed E-state index contributed by atoms with van der Waals surface area (Å²) in [6.07, 6.45) is 1.17. The Kier molecular flexibility index (Phi) is 5.32. The molecule has 2 rings (SSSR count). The van der Waals surface area contributed by atoms with Crippen LogP contribution in [0.3, 0.4) is 0 Å². The van der Waals surface area contributed by atoms with Crippen molar-refractivity contribution >= 4 is 29.1 Å². The van der Waals surface area contributed by atoms with E-state index in [1.54, 1.807) is 29.3 Å². The number of rotatable bonds is 5. The van der Waals surface area contributed by atoms with Crippen molar-refractivity contribution in [2.24, 2.45) is 0 Å². The normalized spacial score (nSPS) is 15.6. The Balaban J connectivity index is 1.73. The molecule has 0 aliphatic carbocycles. The van der Waals surface area contributed by atoms with E-state index < -0.39 is 12.1 Å². The number of likely N-dealkylation sites (tertiary alicyclic amines) is 1. The summed E-state index contributed by atoms with van der Waals surface area (Å²) in [6.45, 7) is 2.75. The molecule has 1 aromatic heterocycles. The minimum absolute atomic E-state index is 0.176. The summed E-state index contributed by atoms with van der Waals surface area (Å²) in [7, 11) is 0. The molecule has 114 valence electrons. The van der Waals surface area contributed by atoms with Crippen molar-refractivity contribution in [1.29, 1.82) is 0 Å². The van der Waals surface area contributed by atoms with Gasteiger partial charge in [-0.25, -0.2) is 0 Å². The maximum atomic E-state index is 12.0. The Bertz CT molecular complexity index is 509. The average molecular weight is 310 g/mol. The van der Waals surface area contributed by atoms with Gasteiger partial charge in [-0.2, -0.15) is 0 Å². The zero-order valence-electron chi connectivity index (χ0n) is 11.8. The number of nitrogens with one attached hydrogen (secondary N) is 1. The van der Waals surface area contributed by atoms with Gasteiger partial charge in [0.2, 0.25) is 0 Å². The maximum absolute atomic E-state index is 12.0. The van der Waals surface area contributed by atoms with Crippen molar-refractivity contribution in [2.75, 3.05) is 19.6 Å². The Morgan fingerprint density at radius 1 is 1.38 bits per heavy atom. The number of carbonyl (C=O) groups excluding carboxylic acids is 3. The van der Waals surface area contributed by atoms with Gasteiger partial charge in [0.1, 0.15) is 6.54 Å². The standard InChI is InChI=1S/C14H18N2O4S/c1-10(14(19)16-6-2-3-7-16)20-12(17)9-15-13(18)11-5-4-8-21-11/h4-5,8,10H,2-3,6-7,9H2,1H3,(H,15,18)/t10-/m0/s1. The van der Waals surface area contributed by atoms with Crippen LogP contribution in [0.15, 0.2) is 17.5 Å². The number of amides is 2. The molecule has 1 aromatic rings. The second-order valence-corrected chi connectivity index (χ2v) is 5.77. The number of hydrogen-bond donors (Lipinski definition) is 1. The van der Waals surface area contributed by atoms with Crippen LogP contribution >= 0.6 is 11.3 Å². The molecular formula is C14H18N2O4S. The van der Waals surface area contributed by atoms with Gasteiger partial charge in [0.25, 0.3) is 11.8 Å². The first-order chi connectivity index (χ1) is 10.1. The molecule has 0 unspecified atom stereocenters. The van der Waals surface area contributed by atoms with Gasteiger partial charge in [0, 0.05) is 13.1 Å². The summed E-state index contributed by atoms with van der Waals surface area (Å²) in [5.74, 6) is -1.11. The van der Waals surface area contributed by atoms with Crippen LogP contribution in [0, 0.1) is 0 Å². The summed E-state index contributed by atoms with van der Waals surface area (Å²) in [5.41, 5.74) is 0. The smallest absolute Gasteiger partial charge is 0.326 e. The summed E-state index contributed by atoms with van der Waals surface area (Å²) in [6, 6.07) is 3.43. The lowest BCUT2D eigenvalue weighted by atomic mass is 10.3. The molecule has 21 heavy (non-hydrogen) atoms. The monoisotopic (exact) mass is 310 g/mol. The van der Waals surface area contributed by atoms with Crippen molar-refractivity contribution in [1.82, 2.24) is 10.2 Å². The highest BCUT2D eigenvalue weighted by Gasteiger charge is 2.25. The minimum atomic E-state index is -0.811. The van der Waals surface area contributed by atoms with E-state index in [0.717, 1.165) is 25.9 Å². The third kappa shape index (κ3) is 4.29. The van der Waals surface area contributed by atoms with Gasteiger partial charge in [-0.15, -0.1) is 11.3 Å². The Morgan fingerprint density at radius 3 is 2.71 bits per heavy atom. The van der Waals surface area contributed by atoms with Crippen LogP contribution in [-0.2, 0) is 14.3 Å². The fourth-order valence-corrected chi connectivity index (χ4v) is 2.77.